The topological polar surface area (TPSA) is 67.4 Å². The van der Waals surface area contributed by atoms with Gasteiger partial charge in [-0.2, -0.15) is 0 Å². The molecule has 1 unspecified atom stereocenters. The number of aliphatic imine (C=N–C) groups is 1. The van der Waals surface area contributed by atoms with Crippen LogP contribution in [0.5, 0.6) is 0 Å². The van der Waals surface area contributed by atoms with Crippen LogP contribution >= 0.6 is 24.0 Å². The Morgan fingerprint density at radius 2 is 2.00 bits per heavy atom. The van der Waals surface area contributed by atoms with Gasteiger partial charge in [0.25, 0.3) is 0 Å². The molecule has 2 aliphatic heterocycles. The van der Waals surface area contributed by atoms with Crippen LogP contribution < -0.4 is 10.6 Å². The molecule has 1 atom stereocenters. The third-order valence-electron chi connectivity index (χ3n) is 4.96. The molecule has 2 saturated heterocycles. The van der Waals surface area contributed by atoms with Crippen LogP contribution in [0.15, 0.2) is 4.99 Å². The van der Waals surface area contributed by atoms with Crippen LogP contribution in [-0.2, 0) is 14.2 Å². The summed E-state index contributed by atoms with van der Waals surface area (Å²) in [7, 11) is 0. The number of rotatable bonds is 11. The molecule has 0 aromatic carbocycles. The van der Waals surface area contributed by atoms with E-state index in [1.165, 1.54) is 0 Å². The van der Waals surface area contributed by atoms with Gasteiger partial charge in [-0.05, 0) is 46.5 Å². The lowest BCUT2D eigenvalue weighted by atomic mass is 10.1. The third kappa shape index (κ3) is 11.1. The fraction of sp³-hybridized carbons (Fsp3) is 0.950. The monoisotopic (exact) mass is 512 g/mol. The average Bonchev–Trinajstić information content (AvgIpc) is 3.16. The molecular weight excluding hydrogens is 471 g/mol. The first-order valence-corrected chi connectivity index (χ1v) is 10.8. The average molecular weight is 512 g/mol. The summed E-state index contributed by atoms with van der Waals surface area (Å²) in [5.74, 6) is 0.903. The molecule has 28 heavy (non-hydrogen) atoms. The van der Waals surface area contributed by atoms with Crippen LogP contribution in [-0.4, -0.2) is 88.3 Å². The van der Waals surface area contributed by atoms with E-state index in [9.17, 15) is 0 Å². The van der Waals surface area contributed by atoms with Gasteiger partial charge < -0.3 is 29.7 Å². The third-order valence-corrected chi connectivity index (χ3v) is 4.96. The lowest BCUT2D eigenvalue weighted by Gasteiger charge is -2.33. The lowest BCUT2D eigenvalue weighted by molar-refractivity contribution is 0.0200. The van der Waals surface area contributed by atoms with Crippen LogP contribution in [0.4, 0.5) is 0 Å². The molecule has 0 bridgehead atoms. The molecule has 2 aliphatic rings. The maximum atomic E-state index is 5.70. The van der Waals surface area contributed by atoms with Crippen molar-refractivity contribution >= 4 is 29.9 Å². The molecule has 0 spiro atoms. The summed E-state index contributed by atoms with van der Waals surface area (Å²) < 4.78 is 16.9. The van der Waals surface area contributed by atoms with Crippen molar-refractivity contribution in [2.24, 2.45) is 4.99 Å². The first-order chi connectivity index (χ1) is 13.2. The Morgan fingerprint density at radius 3 is 2.64 bits per heavy atom. The van der Waals surface area contributed by atoms with Gasteiger partial charge in [0.2, 0.25) is 0 Å². The van der Waals surface area contributed by atoms with Crippen molar-refractivity contribution < 1.29 is 14.2 Å². The van der Waals surface area contributed by atoms with Gasteiger partial charge in [0.05, 0.1) is 38.6 Å². The van der Waals surface area contributed by atoms with E-state index in [1.54, 1.807) is 0 Å². The molecular formula is C20H41IN4O3. The summed E-state index contributed by atoms with van der Waals surface area (Å²) in [5, 5.41) is 6.93. The van der Waals surface area contributed by atoms with Crippen molar-refractivity contribution in [3.63, 3.8) is 0 Å². The minimum absolute atomic E-state index is 0. The van der Waals surface area contributed by atoms with Crippen LogP contribution in [0.2, 0.25) is 0 Å². The Kier molecular flexibility index (Phi) is 14.5. The van der Waals surface area contributed by atoms with Crippen molar-refractivity contribution in [2.75, 3.05) is 59.2 Å². The number of ether oxygens (including phenoxy) is 3. The second-order valence-corrected chi connectivity index (χ2v) is 7.65. The summed E-state index contributed by atoms with van der Waals surface area (Å²) >= 11 is 0. The predicted molar refractivity (Wildman–Crippen MR) is 125 cm³/mol. The molecule has 7 nitrogen and oxygen atoms in total. The van der Waals surface area contributed by atoms with Gasteiger partial charge in [0.1, 0.15) is 0 Å². The van der Waals surface area contributed by atoms with Crippen molar-refractivity contribution in [2.45, 2.75) is 64.7 Å². The molecule has 2 rings (SSSR count). The van der Waals surface area contributed by atoms with E-state index in [-0.39, 0.29) is 30.1 Å². The second kappa shape index (κ2) is 15.6. The second-order valence-electron chi connectivity index (χ2n) is 7.65. The van der Waals surface area contributed by atoms with Crippen LogP contribution in [0.25, 0.3) is 0 Å². The van der Waals surface area contributed by atoms with E-state index in [0.29, 0.717) is 31.9 Å². The van der Waals surface area contributed by atoms with Crippen LogP contribution in [0, 0.1) is 0 Å². The molecule has 166 valence electrons. The SMILES string of the molecule is CCNC(=NCCOCC1CCCO1)NC1CCN(CCOC(C)C)CC1.I. The molecule has 0 radical (unpaired) electrons. The predicted octanol–water partition coefficient (Wildman–Crippen LogP) is 2.24. The fourth-order valence-electron chi connectivity index (χ4n) is 3.44. The summed E-state index contributed by atoms with van der Waals surface area (Å²) in [5.41, 5.74) is 0. The summed E-state index contributed by atoms with van der Waals surface area (Å²) in [4.78, 5) is 7.14. The highest BCUT2D eigenvalue weighted by atomic mass is 127. The smallest absolute Gasteiger partial charge is 0.191 e. The minimum Gasteiger partial charge on any atom is -0.377 e. The van der Waals surface area contributed by atoms with E-state index in [4.69, 9.17) is 14.2 Å². The van der Waals surface area contributed by atoms with E-state index >= 15 is 0 Å². The number of hydrogen-bond acceptors (Lipinski definition) is 5. The Balaban J connectivity index is 0.00000392. The van der Waals surface area contributed by atoms with Gasteiger partial charge in [0, 0.05) is 38.8 Å². The molecule has 8 heteroatoms. The standard InChI is InChI=1S/C20H40N4O3.HI/c1-4-21-20(22-9-14-25-16-19-6-5-13-27-19)23-18-7-10-24(11-8-18)12-15-26-17(2)3;/h17-19H,4-16H2,1-3H3,(H2,21,22,23);1H. The maximum Gasteiger partial charge on any atom is 0.191 e. The van der Waals surface area contributed by atoms with Gasteiger partial charge in [0.15, 0.2) is 5.96 Å². The van der Waals surface area contributed by atoms with Crippen molar-refractivity contribution in [1.29, 1.82) is 0 Å². The molecule has 0 aromatic heterocycles. The Hall–Kier alpha value is -0.160. The highest BCUT2D eigenvalue weighted by Crippen LogP contribution is 2.12. The number of nitrogens with zero attached hydrogens (tertiary/aromatic N) is 2. The van der Waals surface area contributed by atoms with Crippen molar-refractivity contribution in [1.82, 2.24) is 15.5 Å². The number of nitrogens with one attached hydrogen (secondary N) is 2. The first-order valence-electron chi connectivity index (χ1n) is 10.8. The summed E-state index contributed by atoms with van der Waals surface area (Å²) in [6, 6.07) is 0.484. The molecule has 2 N–H and O–H groups in total. The van der Waals surface area contributed by atoms with E-state index in [2.05, 4.69) is 41.3 Å². The first kappa shape index (κ1) is 25.9. The number of guanidine groups is 1. The largest absolute Gasteiger partial charge is 0.377 e. The number of halogens is 1. The number of hydrogen-bond donors (Lipinski definition) is 2. The maximum absolute atomic E-state index is 5.70. The summed E-state index contributed by atoms with van der Waals surface area (Å²) in [6.45, 7) is 14.1. The molecule has 2 heterocycles. The normalized spacial score (nSPS) is 21.7. The van der Waals surface area contributed by atoms with E-state index in [0.717, 1.165) is 71.0 Å². The highest BCUT2D eigenvalue weighted by Gasteiger charge is 2.20. The van der Waals surface area contributed by atoms with E-state index < -0.39 is 0 Å². The Labute approximate surface area is 188 Å². The van der Waals surface area contributed by atoms with Crippen molar-refractivity contribution in [3.05, 3.63) is 0 Å². The molecule has 0 aromatic rings. The zero-order chi connectivity index (χ0) is 19.3. The van der Waals surface area contributed by atoms with Gasteiger partial charge in [-0.15, -0.1) is 24.0 Å². The fourth-order valence-corrected chi connectivity index (χ4v) is 3.44. The number of likely N-dealkylation sites (tertiary alicyclic amines) is 1. The molecule has 0 aliphatic carbocycles. The van der Waals surface area contributed by atoms with Gasteiger partial charge in [-0.1, -0.05) is 0 Å². The highest BCUT2D eigenvalue weighted by molar-refractivity contribution is 14.0. The van der Waals surface area contributed by atoms with Crippen LogP contribution in [0.3, 0.4) is 0 Å². The van der Waals surface area contributed by atoms with Crippen LogP contribution in [0.1, 0.15) is 46.5 Å². The van der Waals surface area contributed by atoms with Crippen molar-refractivity contribution in [3.8, 4) is 0 Å². The zero-order valence-electron chi connectivity index (χ0n) is 18.0. The molecule has 0 saturated carbocycles. The Bertz CT molecular complexity index is 412. The summed E-state index contributed by atoms with van der Waals surface area (Å²) in [6.07, 6.45) is 5.16. The quantitative estimate of drug-likeness (QED) is 0.192. The minimum atomic E-state index is 0. The number of piperidine rings is 1. The Morgan fingerprint density at radius 1 is 1.21 bits per heavy atom. The lowest BCUT2D eigenvalue weighted by Crippen LogP contribution is -2.49. The van der Waals surface area contributed by atoms with Gasteiger partial charge in [-0.25, -0.2) is 0 Å². The van der Waals surface area contributed by atoms with Gasteiger partial charge in [-0.3, -0.25) is 4.99 Å². The van der Waals surface area contributed by atoms with Gasteiger partial charge >= 0.3 is 0 Å². The molecule has 0 amide bonds. The van der Waals surface area contributed by atoms with E-state index in [1.807, 2.05) is 0 Å². The molecule has 2 fully saturated rings. The zero-order valence-corrected chi connectivity index (χ0v) is 20.3.